The van der Waals surface area contributed by atoms with E-state index in [2.05, 4.69) is 27.7 Å². The van der Waals surface area contributed by atoms with Crippen LogP contribution in [0.15, 0.2) is 33.5 Å². The molecule has 1 N–H and O–H groups in total. The van der Waals surface area contributed by atoms with Crippen molar-refractivity contribution in [3.05, 3.63) is 40.2 Å². The van der Waals surface area contributed by atoms with Gasteiger partial charge in [-0.15, -0.1) is 12.6 Å². The van der Waals surface area contributed by atoms with Crippen molar-refractivity contribution < 1.29 is 13.9 Å². The maximum atomic E-state index is 12.2. The zero-order chi connectivity index (χ0) is 21.8. The molecular weight excluding hydrogens is 422 g/mol. The zero-order valence-electron chi connectivity index (χ0n) is 17.4. The number of piperazine rings is 1. The molecule has 1 unspecified atom stereocenters. The molecule has 3 rings (SSSR count). The minimum atomic E-state index is -0.408. The lowest BCUT2D eigenvalue weighted by atomic mass is 9.99. The lowest BCUT2D eigenvalue weighted by Gasteiger charge is -2.42. The lowest BCUT2D eigenvalue weighted by Crippen LogP contribution is -2.56. The van der Waals surface area contributed by atoms with Crippen molar-refractivity contribution in [1.29, 1.82) is 0 Å². The molecule has 1 amide bonds. The van der Waals surface area contributed by atoms with Gasteiger partial charge in [0.15, 0.2) is 0 Å². The number of nitrogens with zero attached hydrogens (tertiary/aromatic N) is 2. The van der Waals surface area contributed by atoms with Crippen molar-refractivity contribution in [3.63, 3.8) is 0 Å². The standard InChI is InChI=1S/C21H27N3O4S2/c1-13(2)22-19(25)12-23-6-7-24(21(29)30)15(11-23)8-14-9-20(26)28-18-10-16(27-3)4-5-17(14)18/h4-5,9-10,13,15H,6-8,11-12H2,1-3H3,(H,22,25)(H,29,30). The van der Waals surface area contributed by atoms with E-state index in [1.807, 2.05) is 26.0 Å². The van der Waals surface area contributed by atoms with Gasteiger partial charge in [-0.2, -0.15) is 0 Å². The quantitative estimate of drug-likeness (QED) is 0.397. The Morgan fingerprint density at radius 3 is 2.80 bits per heavy atom. The number of amides is 1. The Labute approximate surface area is 186 Å². The highest BCUT2D eigenvalue weighted by Crippen LogP contribution is 2.25. The van der Waals surface area contributed by atoms with Crippen LogP contribution in [0.1, 0.15) is 19.4 Å². The molecule has 2 aromatic rings. The number of nitrogens with one attached hydrogen (secondary N) is 1. The van der Waals surface area contributed by atoms with E-state index in [1.165, 1.54) is 6.07 Å². The molecule has 9 heteroatoms. The molecule has 0 spiro atoms. The molecule has 1 aromatic carbocycles. The molecule has 162 valence electrons. The number of thiocarbonyl (C=S) groups is 1. The maximum Gasteiger partial charge on any atom is 0.336 e. The van der Waals surface area contributed by atoms with Gasteiger partial charge < -0.3 is 19.4 Å². The lowest BCUT2D eigenvalue weighted by molar-refractivity contribution is -0.123. The third-order valence-corrected chi connectivity index (χ3v) is 5.61. The maximum absolute atomic E-state index is 12.2. The molecular formula is C21H27N3O4S2. The molecule has 1 atom stereocenters. The monoisotopic (exact) mass is 449 g/mol. The Bertz CT molecular complexity index is 992. The summed E-state index contributed by atoms with van der Waals surface area (Å²) in [5.41, 5.74) is 0.951. The van der Waals surface area contributed by atoms with Crippen LogP contribution in [0.25, 0.3) is 11.0 Å². The van der Waals surface area contributed by atoms with Gasteiger partial charge in [0.2, 0.25) is 5.91 Å². The summed E-state index contributed by atoms with van der Waals surface area (Å²) in [6.07, 6.45) is 0.581. The summed E-state index contributed by atoms with van der Waals surface area (Å²) < 4.78 is 11.1. The number of carbonyl (C=O) groups excluding carboxylic acids is 1. The minimum Gasteiger partial charge on any atom is -0.497 e. The molecule has 0 aliphatic carbocycles. The zero-order valence-corrected chi connectivity index (χ0v) is 19.1. The van der Waals surface area contributed by atoms with Crippen LogP contribution in [0.4, 0.5) is 0 Å². The molecule has 0 saturated carbocycles. The Hall–Kier alpha value is -2.10. The third-order valence-electron chi connectivity index (χ3n) is 5.12. The molecule has 7 nitrogen and oxygen atoms in total. The van der Waals surface area contributed by atoms with Crippen LogP contribution in [0.5, 0.6) is 5.75 Å². The van der Waals surface area contributed by atoms with Crippen molar-refractivity contribution in [1.82, 2.24) is 15.1 Å². The molecule has 1 aliphatic rings. The summed E-state index contributed by atoms with van der Waals surface area (Å²) in [7, 11) is 1.57. The van der Waals surface area contributed by atoms with Crippen LogP contribution in [0, 0.1) is 0 Å². The van der Waals surface area contributed by atoms with E-state index in [9.17, 15) is 9.59 Å². The summed E-state index contributed by atoms with van der Waals surface area (Å²) in [6.45, 7) is 6.26. The van der Waals surface area contributed by atoms with Gasteiger partial charge in [-0.1, -0.05) is 12.2 Å². The molecule has 1 fully saturated rings. The van der Waals surface area contributed by atoms with Gasteiger partial charge in [0.1, 0.15) is 15.7 Å². The van der Waals surface area contributed by atoms with E-state index >= 15 is 0 Å². The number of hydrogen-bond donors (Lipinski definition) is 2. The number of benzene rings is 1. The third kappa shape index (κ3) is 5.53. The van der Waals surface area contributed by atoms with Crippen LogP contribution < -0.4 is 15.7 Å². The van der Waals surface area contributed by atoms with Crippen molar-refractivity contribution in [2.45, 2.75) is 32.4 Å². The van der Waals surface area contributed by atoms with E-state index < -0.39 is 5.63 Å². The van der Waals surface area contributed by atoms with Crippen LogP contribution in [-0.4, -0.2) is 65.4 Å². The Morgan fingerprint density at radius 1 is 1.37 bits per heavy atom. The fraction of sp³-hybridized carbons (Fsp3) is 0.476. The molecule has 0 radical (unpaired) electrons. The molecule has 1 aromatic heterocycles. The number of ether oxygens (including phenoxy) is 1. The predicted molar refractivity (Wildman–Crippen MR) is 125 cm³/mol. The first-order chi connectivity index (χ1) is 14.3. The summed E-state index contributed by atoms with van der Waals surface area (Å²) in [5.74, 6) is 0.629. The smallest absolute Gasteiger partial charge is 0.336 e. The first-order valence-electron chi connectivity index (χ1n) is 9.89. The average Bonchev–Trinajstić information content (AvgIpc) is 2.66. The van der Waals surface area contributed by atoms with E-state index in [-0.39, 0.29) is 18.0 Å². The average molecular weight is 450 g/mol. The highest BCUT2D eigenvalue weighted by Gasteiger charge is 2.29. The Morgan fingerprint density at radius 2 is 2.13 bits per heavy atom. The predicted octanol–water partition coefficient (Wildman–Crippen LogP) is 2.07. The first kappa shape index (κ1) is 22.6. The Balaban J connectivity index is 1.85. The second kappa shape index (κ2) is 9.80. The fourth-order valence-electron chi connectivity index (χ4n) is 3.82. The summed E-state index contributed by atoms with van der Waals surface area (Å²) in [5, 5.41) is 3.79. The molecule has 1 aliphatic heterocycles. The molecule has 0 bridgehead atoms. The second-order valence-corrected chi connectivity index (χ2v) is 8.86. The summed E-state index contributed by atoms with van der Waals surface area (Å²) >= 11 is 9.74. The van der Waals surface area contributed by atoms with Gasteiger partial charge in [0.05, 0.1) is 13.7 Å². The van der Waals surface area contributed by atoms with E-state index in [4.69, 9.17) is 21.4 Å². The number of methoxy groups -OCH3 is 1. The molecule has 30 heavy (non-hydrogen) atoms. The number of thiol groups is 1. The van der Waals surface area contributed by atoms with Crippen molar-refractivity contribution in [2.24, 2.45) is 0 Å². The molecule has 2 heterocycles. The number of fused-ring (bicyclic) bond motifs is 1. The van der Waals surface area contributed by atoms with E-state index in [0.717, 1.165) is 17.5 Å². The largest absolute Gasteiger partial charge is 0.497 e. The van der Waals surface area contributed by atoms with Gasteiger partial charge in [0, 0.05) is 49.2 Å². The number of rotatable bonds is 6. The number of hydrogen-bond acceptors (Lipinski definition) is 6. The van der Waals surface area contributed by atoms with E-state index in [1.54, 1.807) is 13.2 Å². The first-order valence-corrected chi connectivity index (χ1v) is 10.7. The normalized spacial score (nSPS) is 17.4. The van der Waals surface area contributed by atoms with Crippen LogP contribution in [0.3, 0.4) is 0 Å². The fourth-order valence-corrected chi connectivity index (χ4v) is 4.32. The van der Waals surface area contributed by atoms with Crippen LogP contribution in [0.2, 0.25) is 0 Å². The second-order valence-electron chi connectivity index (χ2n) is 7.74. The van der Waals surface area contributed by atoms with Crippen LogP contribution >= 0.6 is 24.8 Å². The minimum absolute atomic E-state index is 0.00329. The van der Waals surface area contributed by atoms with Crippen molar-refractivity contribution in [2.75, 3.05) is 33.3 Å². The highest BCUT2D eigenvalue weighted by atomic mass is 32.1. The SMILES string of the molecule is COc1ccc2c(CC3CN(CC(=O)NC(C)C)CCN3C(=S)S)cc(=O)oc2c1. The van der Waals surface area contributed by atoms with Gasteiger partial charge >= 0.3 is 5.63 Å². The summed E-state index contributed by atoms with van der Waals surface area (Å²) in [4.78, 5) is 28.5. The Kier molecular flexibility index (Phi) is 7.38. The topological polar surface area (TPSA) is 75.0 Å². The van der Waals surface area contributed by atoms with Gasteiger partial charge in [-0.3, -0.25) is 9.69 Å². The van der Waals surface area contributed by atoms with E-state index in [0.29, 0.717) is 41.7 Å². The summed E-state index contributed by atoms with van der Waals surface area (Å²) in [6, 6.07) is 7.07. The number of carbonyl (C=O) groups is 1. The van der Waals surface area contributed by atoms with Crippen molar-refractivity contribution in [3.8, 4) is 5.75 Å². The highest BCUT2D eigenvalue weighted by molar-refractivity contribution is 8.10. The van der Waals surface area contributed by atoms with Gasteiger partial charge in [-0.05, 0) is 38.0 Å². The van der Waals surface area contributed by atoms with Gasteiger partial charge in [-0.25, -0.2) is 4.79 Å². The van der Waals surface area contributed by atoms with Gasteiger partial charge in [0.25, 0.3) is 0 Å². The van der Waals surface area contributed by atoms with Crippen molar-refractivity contribution >= 4 is 46.0 Å². The molecule has 1 saturated heterocycles. The van der Waals surface area contributed by atoms with Crippen LogP contribution in [-0.2, 0) is 11.2 Å².